The third-order valence-corrected chi connectivity index (χ3v) is 7.76. The average molecular weight is 659 g/mol. The molecule has 1 heterocycles. The van der Waals surface area contributed by atoms with Crippen molar-refractivity contribution in [3.05, 3.63) is 67.7 Å². The second-order valence-corrected chi connectivity index (χ2v) is 10.5. The number of anilines is 2. The first kappa shape index (κ1) is 29.3. The Bertz CT molecular complexity index is 1160. The third kappa shape index (κ3) is 8.09. The number of benzene rings is 2. The van der Waals surface area contributed by atoms with Gasteiger partial charge in [0.2, 0.25) is 0 Å². The number of hydrogen-bond donors (Lipinski definition) is 1. The van der Waals surface area contributed by atoms with E-state index in [-0.39, 0.29) is 18.9 Å². The number of nitrogens with zero attached hydrogens (tertiary/aromatic N) is 1. The van der Waals surface area contributed by atoms with Gasteiger partial charge < -0.3 is 19.7 Å². The van der Waals surface area contributed by atoms with Gasteiger partial charge in [-0.15, -0.1) is 0 Å². The van der Waals surface area contributed by atoms with Crippen LogP contribution in [0.1, 0.15) is 39.5 Å². The van der Waals surface area contributed by atoms with E-state index in [9.17, 15) is 14.4 Å². The fraction of sp³-hybridized carbons (Fsp3) is 0.370. The Balaban J connectivity index is 1.77. The van der Waals surface area contributed by atoms with E-state index in [1.807, 2.05) is 37.3 Å². The predicted octanol–water partition coefficient (Wildman–Crippen LogP) is 6.41. The number of nitrogens with one attached hydrogen (secondary N) is 1. The molecule has 1 saturated heterocycles. The van der Waals surface area contributed by atoms with Crippen LogP contribution in [0.5, 0.6) is 0 Å². The molecule has 1 amide bonds. The van der Waals surface area contributed by atoms with Crippen LogP contribution in [-0.2, 0) is 23.9 Å². The van der Waals surface area contributed by atoms with Crippen molar-refractivity contribution in [2.45, 2.75) is 51.7 Å². The van der Waals surface area contributed by atoms with Crippen LogP contribution in [0.4, 0.5) is 11.4 Å². The zero-order chi connectivity index (χ0) is 26.9. The van der Waals surface area contributed by atoms with Crippen LogP contribution in [0.15, 0.2) is 54.1 Å². The van der Waals surface area contributed by atoms with Crippen molar-refractivity contribution in [1.82, 2.24) is 0 Å². The number of carbonyl (C=O) groups excluding carboxylic acids is 3. The summed E-state index contributed by atoms with van der Waals surface area (Å²) in [5, 5.41) is 3.96. The highest BCUT2D eigenvalue weighted by atomic mass is 127. The van der Waals surface area contributed by atoms with E-state index in [1.165, 1.54) is 6.92 Å². The van der Waals surface area contributed by atoms with Crippen molar-refractivity contribution in [2.75, 3.05) is 23.4 Å². The highest BCUT2D eigenvalue weighted by molar-refractivity contribution is 14.1. The summed E-state index contributed by atoms with van der Waals surface area (Å²) in [6, 6.07) is 11.8. The lowest BCUT2D eigenvalue weighted by atomic mass is 10.1. The highest BCUT2D eigenvalue weighted by Gasteiger charge is 2.30. The van der Waals surface area contributed by atoms with Gasteiger partial charge in [0.15, 0.2) is 6.10 Å². The molecule has 3 rings (SSSR count). The zero-order valence-electron chi connectivity index (χ0n) is 20.6. The molecule has 2 atom stereocenters. The minimum Gasteiger partial charge on any atom is -0.463 e. The van der Waals surface area contributed by atoms with Crippen LogP contribution >= 0.6 is 45.8 Å². The maximum Gasteiger partial charge on any atom is 0.347 e. The minimum atomic E-state index is -1.08. The molecular weight excluding hydrogens is 630 g/mol. The van der Waals surface area contributed by atoms with Crippen molar-refractivity contribution >= 4 is 75.0 Å². The van der Waals surface area contributed by atoms with Gasteiger partial charge in [-0.25, -0.2) is 9.59 Å². The van der Waals surface area contributed by atoms with Crippen LogP contribution in [-0.4, -0.2) is 43.1 Å². The summed E-state index contributed by atoms with van der Waals surface area (Å²) in [7, 11) is 0. The molecule has 10 heteroatoms. The molecule has 2 aromatic rings. The molecule has 0 bridgehead atoms. The number of halogens is 3. The lowest BCUT2D eigenvalue weighted by Gasteiger charge is -2.21. The number of para-hydroxylation sites is 1. The van der Waals surface area contributed by atoms with E-state index in [1.54, 1.807) is 23.1 Å². The Morgan fingerprint density at radius 2 is 1.92 bits per heavy atom. The van der Waals surface area contributed by atoms with Gasteiger partial charge in [-0.3, -0.25) is 4.79 Å². The van der Waals surface area contributed by atoms with E-state index in [0.717, 1.165) is 18.5 Å². The summed E-state index contributed by atoms with van der Waals surface area (Å²) in [6.45, 7) is 4.28. The molecule has 7 nitrogen and oxygen atoms in total. The second kappa shape index (κ2) is 14.0. The van der Waals surface area contributed by atoms with Crippen LogP contribution in [0.25, 0.3) is 0 Å². The van der Waals surface area contributed by atoms with Gasteiger partial charge in [0.1, 0.15) is 6.04 Å². The molecule has 0 saturated carbocycles. The van der Waals surface area contributed by atoms with Gasteiger partial charge in [-0.2, -0.15) is 0 Å². The van der Waals surface area contributed by atoms with Gasteiger partial charge in [-0.1, -0.05) is 60.8 Å². The summed E-state index contributed by atoms with van der Waals surface area (Å²) < 4.78 is 11.3. The molecule has 0 radical (unpaired) electrons. The summed E-state index contributed by atoms with van der Waals surface area (Å²) in [5.74, 6) is -1.37. The maximum atomic E-state index is 13.2. The average Bonchev–Trinajstić information content (AvgIpc) is 3.25. The quantitative estimate of drug-likeness (QED) is 0.0988. The van der Waals surface area contributed by atoms with E-state index < -0.39 is 24.1 Å². The first-order valence-corrected chi connectivity index (χ1v) is 13.9. The second-order valence-electron chi connectivity index (χ2n) is 8.55. The Labute approximate surface area is 240 Å². The lowest BCUT2D eigenvalue weighted by Crippen LogP contribution is -2.36. The Hall–Kier alpha value is -2.30. The van der Waals surface area contributed by atoms with Crippen molar-refractivity contribution in [3.8, 4) is 0 Å². The number of carbonyl (C=O) groups is 3. The first-order valence-electron chi connectivity index (χ1n) is 12.0. The predicted molar refractivity (Wildman–Crippen MR) is 154 cm³/mol. The van der Waals surface area contributed by atoms with Crippen molar-refractivity contribution in [3.63, 3.8) is 0 Å². The number of ether oxygens (including phenoxy) is 2. The Morgan fingerprint density at radius 3 is 2.62 bits per heavy atom. The van der Waals surface area contributed by atoms with Gasteiger partial charge in [0.25, 0.3) is 5.91 Å². The van der Waals surface area contributed by atoms with Crippen LogP contribution in [0.3, 0.4) is 0 Å². The van der Waals surface area contributed by atoms with Crippen LogP contribution in [0.2, 0.25) is 10.0 Å². The largest absolute Gasteiger partial charge is 0.463 e. The van der Waals surface area contributed by atoms with Gasteiger partial charge >= 0.3 is 11.9 Å². The Morgan fingerprint density at radius 1 is 1.19 bits per heavy atom. The summed E-state index contributed by atoms with van der Waals surface area (Å²) in [5.41, 5.74) is 1.97. The van der Waals surface area contributed by atoms with Gasteiger partial charge in [0.05, 0.1) is 20.9 Å². The smallest absolute Gasteiger partial charge is 0.347 e. The molecule has 198 valence electrons. The van der Waals surface area contributed by atoms with E-state index in [0.29, 0.717) is 37.8 Å². The number of amides is 1. The molecule has 1 unspecified atom stereocenters. The zero-order valence-corrected chi connectivity index (χ0v) is 24.3. The normalized spacial score (nSPS) is 16.0. The van der Waals surface area contributed by atoms with Crippen molar-refractivity contribution in [1.29, 1.82) is 0 Å². The molecule has 1 aliphatic heterocycles. The van der Waals surface area contributed by atoms with Crippen LogP contribution < -0.4 is 10.2 Å². The monoisotopic (exact) mass is 658 g/mol. The van der Waals surface area contributed by atoms with Crippen LogP contribution in [0, 0.1) is 3.57 Å². The number of rotatable bonds is 11. The number of esters is 2. The molecule has 2 aromatic carbocycles. The van der Waals surface area contributed by atoms with E-state index in [2.05, 4.69) is 27.9 Å². The SMILES string of the molecule is CCCCOC(=O)[C@H](C)OC(=O)C(CC=C1CCN(c2ccccc2)C1=O)Nc1cc(Cl)cc(Cl)c1I. The molecule has 0 spiro atoms. The van der Waals surface area contributed by atoms with E-state index >= 15 is 0 Å². The molecule has 0 aliphatic carbocycles. The number of hydrogen-bond acceptors (Lipinski definition) is 6. The van der Waals surface area contributed by atoms with Gasteiger partial charge in [-0.05, 0) is 73.0 Å². The molecule has 1 N–H and O–H groups in total. The van der Waals surface area contributed by atoms with Gasteiger partial charge in [0, 0.05) is 22.8 Å². The fourth-order valence-electron chi connectivity index (χ4n) is 3.72. The summed E-state index contributed by atoms with van der Waals surface area (Å²) in [6.07, 6.45) is 2.98. The summed E-state index contributed by atoms with van der Waals surface area (Å²) >= 11 is 14.5. The topological polar surface area (TPSA) is 84.9 Å². The maximum absolute atomic E-state index is 13.2. The number of unbranched alkanes of at least 4 members (excludes halogenated alkanes) is 1. The minimum absolute atomic E-state index is 0.105. The standard InChI is InChI=1S/C27H29Cl2IN2O5/c1-3-4-14-36-26(34)17(2)37-27(35)22(31-23-16-19(28)15-21(29)24(23)30)11-10-18-12-13-32(25(18)33)20-8-6-5-7-9-20/h5-10,15-17,22,31H,3-4,11-14H2,1-2H3/t17-,22?/m0/s1. The fourth-order valence-corrected chi connectivity index (χ4v) is 4.68. The highest BCUT2D eigenvalue weighted by Crippen LogP contribution is 2.32. The summed E-state index contributed by atoms with van der Waals surface area (Å²) in [4.78, 5) is 40.1. The third-order valence-electron chi connectivity index (χ3n) is 5.77. The molecule has 37 heavy (non-hydrogen) atoms. The lowest BCUT2D eigenvalue weighted by molar-refractivity contribution is -0.167. The molecule has 1 fully saturated rings. The molecule has 1 aliphatic rings. The molecule has 0 aromatic heterocycles. The molecular formula is C27H29Cl2IN2O5. The first-order chi connectivity index (χ1) is 17.7. The Kier molecular flexibility index (Phi) is 11.1. The van der Waals surface area contributed by atoms with E-state index in [4.69, 9.17) is 32.7 Å². The van der Waals surface area contributed by atoms with Crippen molar-refractivity contribution < 1.29 is 23.9 Å². The van der Waals surface area contributed by atoms with Crippen molar-refractivity contribution in [2.24, 2.45) is 0 Å².